The Morgan fingerprint density at radius 3 is 2.77 bits per heavy atom. The highest BCUT2D eigenvalue weighted by molar-refractivity contribution is 7.89. The van der Waals surface area contributed by atoms with Crippen LogP contribution in [0.1, 0.15) is 19.8 Å². The molecular weight excluding hydrogens is 190 g/mol. The maximum Gasteiger partial charge on any atom is 0.214 e. The topological polar surface area (TPSA) is 87.2 Å². The zero-order chi connectivity index (χ0) is 10.1. The summed E-state index contributed by atoms with van der Waals surface area (Å²) >= 11 is 0. The van der Waals surface area contributed by atoms with Gasteiger partial charge in [0.15, 0.2) is 0 Å². The maximum atomic E-state index is 11.5. The van der Waals surface area contributed by atoms with Crippen LogP contribution in [0, 0.1) is 5.41 Å². The first-order valence-corrected chi connectivity index (χ1v) is 5.93. The Morgan fingerprint density at radius 1 is 1.69 bits per heavy atom. The van der Waals surface area contributed by atoms with E-state index >= 15 is 0 Å². The molecule has 1 atom stereocenters. The quantitative estimate of drug-likeness (QED) is 0.491. The number of hydrogen-bond acceptors (Lipinski definition) is 3. The van der Waals surface area contributed by atoms with Crippen LogP contribution in [0.15, 0.2) is 0 Å². The van der Waals surface area contributed by atoms with Gasteiger partial charge in [0.05, 0.1) is 11.8 Å². The van der Waals surface area contributed by atoms with Gasteiger partial charge >= 0.3 is 0 Å². The molecule has 1 heterocycles. The number of nitrogens with one attached hydrogen (secondary N) is 1. The van der Waals surface area contributed by atoms with Crippen LogP contribution in [-0.2, 0) is 10.0 Å². The van der Waals surface area contributed by atoms with Gasteiger partial charge in [0, 0.05) is 6.54 Å². The molecule has 0 bridgehead atoms. The van der Waals surface area contributed by atoms with Gasteiger partial charge in [0.2, 0.25) is 10.0 Å². The second-order valence-electron chi connectivity index (χ2n) is 3.12. The Balaban J connectivity index is 2.86. The molecule has 1 aliphatic rings. The highest BCUT2D eigenvalue weighted by atomic mass is 32.2. The molecule has 0 spiro atoms. The lowest BCUT2D eigenvalue weighted by Crippen LogP contribution is -2.43. The lowest BCUT2D eigenvalue weighted by atomic mass is 10.2. The molecule has 0 amide bonds. The molecule has 0 aromatic rings. The number of rotatable bonds is 3. The molecule has 1 unspecified atom stereocenters. The first-order chi connectivity index (χ1) is 5.99. The fraction of sp³-hybridized carbons (Fsp3) is 0.857. The summed E-state index contributed by atoms with van der Waals surface area (Å²) in [7, 11) is -3.18. The van der Waals surface area contributed by atoms with E-state index in [-0.39, 0.29) is 11.6 Å². The van der Waals surface area contributed by atoms with Crippen molar-refractivity contribution in [1.29, 1.82) is 5.41 Å². The van der Waals surface area contributed by atoms with Crippen LogP contribution in [0.3, 0.4) is 0 Å². The summed E-state index contributed by atoms with van der Waals surface area (Å²) in [6.07, 6.45) is 1.47. The molecule has 5 nitrogen and oxygen atoms in total. The van der Waals surface area contributed by atoms with Gasteiger partial charge in [0.25, 0.3) is 0 Å². The van der Waals surface area contributed by atoms with Gasteiger partial charge < -0.3 is 5.73 Å². The van der Waals surface area contributed by atoms with E-state index in [2.05, 4.69) is 0 Å². The van der Waals surface area contributed by atoms with Gasteiger partial charge in [-0.25, -0.2) is 8.42 Å². The van der Waals surface area contributed by atoms with E-state index in [0.29, 0.717) is 13.0 Å². The second kappa shape index (κ2) is 3.63. The normalized spacial score (nSPS) is 24.8. The average Bonchev–Trinajstić information content (AvgIpc) is 2.52. The lowest BCUT2D eigenvalue weighted by molar-refractivity contribution is 0.444. The van der Waals surface area contributed by atoms with Crippen molar-refractivity contribution in [3.63, 3.8) is 0 Å². The summed E-state index contributed by atoms with van der Waals surface area (Å²) in [4.78, 5) is 0. The minimum atomic E-state index is -3.18. The van der Waals surface area contributed by atoms with E-state index < -0.39 is 16.1 Å². The van der Waals surface area contributed by atoms with Crippen molar-refractivity contribution < 1.29 is 8.42 Å². The van der Waals surface area contributed by atoms with Crippen LogP contribution in [0.2, 0.25) is 0 Å². The van der Waals surface area contributed by atoms with Crippen LogP contribution >= 0.6 is 0 Å². The molecule has 0 aromatic heterocycles. The molecule has 1 aliphatic heterocycles. The Kier molecular flexibility index (Phi) is 2.92. The molecule has 6 heteroatoms. The van der Waals surface area contributed by atoms with Crippen LogP contribution in [0.4, 0.5) is 0 Å². The summed E-state index contributed by atoms with van der Waals surface area (Å²) in [5.41, 5.74) is 5.32. The number of amidine groups is 1. The van der Waals surface area contributed by atoms with Gasteiger partial charge in [-0.2, -0.15) is 4.31 Å². The van der Waals surface area contributed by atoms with E-state index in [1.54, 1.807) is 6.92 Å². The summed E-state index contributed by atoms with van der Waals surface area (Å²) in [5, 5.41) is 7.25. The Bertz CT molecular complexity index is 299. The zero-order valence-electron chi connectivity index (χ0n) is 7.66. The average molecular weight is 205 g/mol. The smallest absolute Gasteiger partial charge is 0.214 e. The molecule has 1 rings (SSSR count). The fourth-order valence-electron chi connectivity index (χ4n) is 1.55. The molecule has 1 fully saturated rings. The van der Waals surface area contributed by atoms with Crippen molar-refractivity contribution in [3.05, 3.63) is 0 Å². The lowest BCUT2D eigenvalue weighted by Gasteiger charge is -2.21. The number of nitrogens with zero attached hydrogens (tertiary/aromatic N) is 1. The predicted octanol–water partition coefficient (Wildman–Crippen LogP) is -0.264. The Hall–Kier alpha value is -0.620. The number of nitrogens with two attached hydrogens (primary N) is 1. The highest BCUT2D eigenvalue weighted by Crippen LogP contribution is 2.20. The summed E-state index contributed by atoms with van der Waals surface area (Å²) in [6.45, 7) is 2.10. The first-order valence-electron chi connectivity index (χ1n) is 4.32. The maximum absolute atomic E-state index is 11.5. The van der Waals surface area contributed by atoms with Gasteiger partial charge in [-0.1, -0.05) is 0 Å². The number of sulfonamides is 1. The molecule has 13 heavy (non-hydrogen) atoms. The van der Waals surface area contributed by atoms with Gasteiger partial charge in [-0.05, 0) is 19.8 Å². The van der Waals surface area contributed by atoms with Gasteiger partial charge in [-0.3, -0.25) is 5.41 Å². The van der Waals surface area contributed by atoms with Crippen molar-refractivity contribution in [3.8, 4) is 0 Å². The molecule has 76 valence electrons. The standard InChI is InChI=1S/C7H15N3O2S/c1-2-13(11,12)10-5-3-4-6(10)7(8)9/h6H,2-5H2,1H3,(H3,8,9). The first kappa shape index (κ1) is 10.5. The van der Waals surface area contributed by atoms with Crippen molar-refractivity contribution >= 4 is 15.9 Å². The van der Waals surface area contributed by atoms with Gasteiger partial charge in [-0.15, -0.1) is 0 Å². The van der Waals surface area contributed by atoms with Gasteiger partial charge in [0.1, 0.15) is 5.84 Å². The Morgan fingerprint density at radius 2 is 2.31 bits per heavy atom. The highest BCUT2D eigenvalue weighted by Gasteiger charge is 2.34. The largest absolute Gasteiger partial charge is 0.386 e. The Labute approximate surface area is 78.5 Å². The third-order valence-corrected chi connectivity index (χ3v) is 4.17. The van der Waals surface area contributed by atoms with E-state index in [9.17, 15) is 8.42 Å². The molecule has 0 saturated carbocycles. The summed E-state index contributed by atoms with van der Waals surface area (Å²) < 4.78 is 24.3. The van der Waals surface area contributed by atoms with Crippen LogP contribution in [0.25, 0.3) is 0 Å². The van der Waals surface area contributed by atoms with Crippen LogP contribution < -0.4 is 5.73 Å². The summed E-state index contributed by atoms with van der Waals surface area (Å²) in [6, 6.07) is -0.398. The minimum absolute atomic E-state index is 0.0467. The SMILES string of the molecule is CCS(=O)(=O)N1CCCC1C(=N)N. The van der Waals surface area contributed by atoms with Crippen molar-refractivity contribution in [2.75, 3.05) is 12.3 Å². The molecular formula is C7H15N3O2S. The molecule has 0 radical (unpaired) electrons. The second-order valence-corrected chi connectivity index (χ2v) is 5.33. The third kappa shape index (κ3) is 2.00. The molecule has 0 aromatic carbocycles. The minimum Gasteiger partial charge on any atom is -0.386 e. The van der Waals surface area contributed by atoms with Crippen molar-refractivity contribution in [1.82, 2.24) is 4.31 Å². The van der Waals surface area contributed by atoms with E-state index in [0.717, 1.165) is 6.42 Å². The molecule has 3 N–H and O–H groups in total. The predicted molar refractivity (Wildman–Crippen MR) is 51.1 cm³/mol. The van der Waals surface area contributed by atoms with Crippen LogP contribution in [-0.4, -0.2) is 36.9 Å². The third-order valence-electron chi connectivity index (χ3n) is 2.28. The van der Waals surface area contributed by atoms with E-state index in [1.165, 1.54) is 4.31 Å². The zero-order valence-corrected chi connectivity index (χ0v) is 8.47. The van der Waals surface area contributed by atoms with E-state index in [1.807, 2.05) is 0 Å². The molecule has 1 saturated heterocycles. The van der Waals surface area contributed by atoms with Crippen molar-refractivity contribution in [2.45, 2.75) is 25.8 Å². The number of hydrogen-bond donors (Lipinski definition) is 2. The monoisotopic (exact) mass is 205 g/mol. The fourth-order valence-corrected chi connectivity index (χ4v) is 2.90. The molecule has 0 aliphatic carbocycles. The van der Waals surface area contributed by atoms with Crippen LogP contribution in [0.5, 0.6) is 0 Å². The van der Waals surface area contributed by atoms with E-state index in [4.69, 9.17) is 11.1 Å². The summed E-state index contributed by atoms with van der Waals surface area (Å²) in [5.74, 6) is 0.0334. The van der Waals surface area contributed by atoms with Crippen molar-refractivity contribution in [2.24, 2.45) is 5.73 Å².